The van der Waals surface area contributed by atoms with E-state index in [9.17, 15) is 0 Å². The first-order valence-electron chi connectivity index (χ1n) is 10.4. The minimum Gasteiger partial charge on any atom is -0.493 e. The smallest absolute Gasteiger partial charge is 0.194 e. The van der Waals surface area contributed by atoms with Crippen molar-refractivity contribution in [2.45, 2.75) is 33.4 Å². The second-order valence-electron chi connectivity index (χ2n) is 7.78. The molecule has 0 aliphatic carbocycles. The van der Waals surface area contributed by atoms with Crippen LogP contribution in [0.4, 0.5) is 0 Å². The minimum absolute atomic E-state index is 0.00840. The molecule has 1 aromatic carbocycles. The zero-order valence-electron chi connectivity index (χ0n) is 18.0. The highest BCUT2D eigenvalue weighted by molar-refractivity contribution is 5.80. The van der Waals surface area contributed by atoms with Gasteiger partial charge in [-0.05, 0) is 30.5 Å². The van der Waals surface area contributed by atoms with Crippen molar-refractivity contribution in [1.29, 1.82) is 0 Å². The van der Waals surface area contributed by atoms with Crippen LogP contribution in [0, 0.1) is 5.92 Å². The number of nitrogens with zero attached hydrogens (tertiary/aromatic N) is 4. The third-order valence-electron chi connectivity index (χ3n) is 4.69. The van der Waals surface area contributed by atoms with Crippen molar-refractivity contribution in [1.82, 2.24) is 20.0 Å². The van der Waals surface area contributed by atoms with E-state index >= 15 is 0 Å². The van der Waals surface area contributed by atoms with Gasteiger partial charge in [-0.15, -0.1) is 0 Å². The lowest BCUT2D eigenvalue weighted by Gasteiger charge is -2.34. The van der Waals surface area contributed by atoms with Gasteiger partial charge in [-0.3, -0.25) is 4.68 Å². The molecule has 3 rings (SSSR count). The van der Waals surface area contributed by atoms with E-state index in [2.05, 4.69) is 48.2 Å². The van der Waals surface area contributed by atoms with Crippen molar-refractivity contribution in [2.75, 3.05) is 32.8 Å². The number of morpholine rings is 1. The number of guanidine groups is 1. The van der Waals surface area contributed by atoms with Gasteiger partial charge < -0.3 is 19.7 Å². The van der Waals surface area contributed by atoms with Crippen LogP contribution in [0.15, 0.2) is 41.7 Å². The predicted octanol–water partition coefficient (Wildman–Crippen LogP) is 2.99. The van der Waals surface area contributed by atoms with Gasteiger partial charge in [0.25, 0.3) is 0 Å². The Morgan fingerprint density at radius 1 is 1.41 bits per heavy atom. The molecule has 1 saturated heterocycles. The van der Waals surface area contributed by atoms with Gasteiger partial charge in [0.2, 0.25) is 0 Å². The van der Waals surface area contributed by atoms with Gasteiger partial charge in [-0.25, -0.2) is 4.99 Å². The molecule has 0 radical (unpaired) electrons. The van der Waals surface area contributed by atoms with Crippen LogP contribution < -0.4 is 10.1 Å². The highest BCUT2D eigenvalue weighted by Crippen LogP contribution is 2.22. The SMILES string of the molecule is CCNC(=NCc1cccc(OCC(C)C)c1)N1CCOC(c2cnn(C)c2)C1. The number of hydrogen-bond donors (Lipinski definition) is 1. The van der Waals surface area contributed by atoms with E-state index in [0.29, 0.717) is 19.1 Å². The Kier molecular flexibility index (Phi) is 7.52. The summed E-state index contributed by atoms with van der Waals surface area (Å²) >= 11 is 0. The van der Waals surface area contributed by atoms with Crippen LogP contribution in [0.1, 0.15) is 38.0 Å². The molecule has 1 atom stereocenters. The molecule has 158 valence electrons. The molecule has 1 aliphatic rings. The number of aliphatic imine (C=N–C) groups is 1. The fraction of sp³-hybridized carbons (Fsp3) is 0.545. The van der Waals surface area contributed by atoms with Crippen LogP contribution in [0.2, 0.25) is 0 Å². The molecule has 7 heteroatoms. The number of benzene rings is 1. The van der Waals surface area contributed by atoms with Crippen LogP contribution in [-0.2, 0) is 18.3 Å². The summed E-state index contributed by atoms with van der Waals surface area (Å²) in [4.78, 5) is 7.14. The lowest BCUT2D eigenvalue weighted by molar-refractivity contribution is -0.00805. The zero-order valence-corrected chi connectivity index (χ0v) is 18.0. The molecule has 1 fully saturated rings. The summed E-state index contributed by atoms with van der Waals surface area (Å²) in [6.07, 6.45) is 3.90. The van der Waals surface area contributed by atoms with Crippen molar-refractivity contribution >= 4 is 5.96 Å². The van der Waals surface area contributed by atoms with E-state index in [1.54, 1.807) is 0 Å². The third kappa shape index (κ3) is 6.22. The molecule has 1 unspecified atom stereocenters. The van der Waals surface area contributed by atoms with Gasteiger partial charge in [0.1, 0.15) is 11.9 Å². The topological polar surface area (TPSA) is 63.9 Å². The van der Waals surface area contributed by atoms with Gasteiger partial charge in [0, 0.05) is 31.9 Å². The van der Waals surface area contributed by atoms with Crippen LogP contribution in [0.3, 0.4) is 0 Å². The molecule has 0 saturated carbocycles. The molecule has 0 spiro atoms. The molecule has 0 bridgehead atoms. The number of aromatic nitrogens is 2. The fourth-order valence-electron chi connectivity index (χ4n) is 3.24. The Hall–Kier alpha value is -2.54. The van der Waals surface area contributed by atoms with E-state index in [1.165, 1.54) is 0 Å². The summed E-state index contributed by atoms with van der Waals surface area (Å²) in [6, 6.07) is 8.20. The molecule has 1 N–H and O–H groups in total. The standard InChI is InChI=1S/C22H33N5O2/c1-5-23-22(24-12-18-7-6-8-20(11-18)29-16-17(2)3)27-9-10-28-21(15-27)19-13-25-26(4)14-19/h6-8,11,13-14,17,21H,5,9-10,12,15-16H2,1-4H3,(H,23,24). The van der Waals surface area contributed by atoms with Crippen LogP contribution in [-0.4, -0.2) is 53.5 Å². The summed E-state index contributed by atoms with van der Waals surface area (Å²) in [7, 11) is 1.93. The predicted molar refractivity (Wildman–Crippen MR) is 115 cm³/mol. The van der Waals surface area contributed by atoms with Crippen LogP contribution >= 0.6 is 0 Å². The first-order chi connectivity index (χ1) is 14.0. The number of aryl methyl sites for hydroxylation is 1. The summed E-state index contributed by atoms with van der Waals surface area (Å²) < 4.78 is 13.6. The lowest BCUT2D eigenvalue weighted by Crippen LogP contribution is -2.48. The Labute approximate surface area is 173 Å². The molecule has 1 aliphatic heterocycles. The van der Waals surface area contributed by atoms with E-state index in [0.717, 1.165) is 49.1 Å². The second kappa shape index (κ2) is 10.3. The first kappa shape index (κ1) is 21.2. The lowest BCUT2D eigenvalue weighted by atomic mass is 10.1. The highest BCUT2D eigenvalue weighted by Gasteiger charge is 2.25. The van der Waals surface area contributed by atoms with Crippen molar-refractivity contribution < 1.29 is 9.47 Å². The van der Waals surface area contributed by atoms with Gasteiger partial charge in [-0.1, -0.05) is 26.0 Å². The highest BCUT2D eigenvalue weighted by atomic mass is 16.5. The number of nitrogens with one attached hydrogen (secondary N) is 1. The van der Waals surface area contributed by atoms with E-state index in [-0.39, 0.29) is 6.10 Å². The first-order valence-corrected chi connectivity index (χ1v) is 10.4. The number of hydrogen-bond acceptors (Lipinski definition) is 4. The van der Waals surface area contributed by atoms with Gasteiger partial charge in [0.05, 0.1) is 32.5 Å². The fourth-order valence-corrected chi connectivity index (χ4v) is 3.24. The molecule has 2 heterocycles. The maximum absolute atomic E-state index is 5.97. The molecular formula is C22H33N5O2. The Morgan fingerprint density at radius 2 is 2.28 bits per heavy atom. The summed E-state index contributed by atoms with van der Waals surface area (Å²) in [5.41, 5.74) is 2.24. The van der Waals surface area contributed by atoms with E-state index in [4.69, 9.17) is 14.5 Å². The van der Waals surface area contributed by atoms with Gasteiger partial charge in [-0.2, -0.15) is 5.10 Å². The average Bonchev–Trinajstić information content (AvgIpc) is 3.16. The number of ether oxygens (including phenoxy) is 2. The summed E-state index contributed by atoms with van der Waals surface area (Å²) in [5.74, 6) is 2.32. The molecular weight excluding hydrogens is 366 g/mol. The maximum atomic E-state index is 5.97. The monoisotopic (exact) mass is 399 g/mol. The maximum Gasteiger partial charge on any atom is 0.194 e. The van der Waals surface area contributed by atoms with Crippen molar-refractivity contribution in [3.05, 3.63) is 47.8 Å². The van der Waals surface area contributed by atoms with E-state index < -0.39 is 0 Å². The van der Waals surface area contributed by atoms with Crippen LogP contribution in [0.5, 0.6) is 5.75 Å². The summed E-state index contributed by atoms with van der Waals surface area (Å²) in [5, 5.41) is 7.69. The van der Waals surface area contributed by atoms with Crippen molar-refractivity contribution in [3.63, 3.8) is 0 Å². The van der Waals surface area contributed by atoms with Gasteiger partial charge >= 0.3 is 0 Å². The molecule has 2 aromatic rings. The second-order valence-corrected chi connectivity index (χ2v) is 7.78. The average molecular weight is 400 g/mol. The van der Waals surface area contributed by atoms with Crippen LogP contribution in [0.25, 0.3) is 0 Å². The minimum atomic E-state index is 0.00840. The van der Waals surface area contributed by atoms with Gasteiger partial charge in [0.15, 0.2) is 5.96 Å². The Morgan fingerprint density at radius 3 is 3.00 bits per heavy atom. The zero-order chi connectivity index (χ0) is 20.6. The normalized spacial score (nSPS) is 17.6. The van der Waals surface area contributed by atoms with Crippen molar-refractivity contribution in [3.8, 4) is 5.75 Å². The molecule has 1 aromatic heterocycles. The largest absolute Gasteiger partial charge is 0.493 e. The molecule has 7 nitrogen and oxygen atoms in total. The summed E-state index contributed by atoms with van der Waals surface area (Å²) in [6.45, 7) is 10.8. The number of rotatable bonds is 7. The third-order valence-corrected chi connectivity index (χ3v) is 4.69. The Balaban J connectivity index is 1.67. The molecule has 29 heavy (non-hydrogen) atoms. The van der Waals surface area contributed by atoms with Crippen molar-refractivity contribution in [2.24, 2.45) is 18.0 Å². The quantitative estimate of drug-likeness (QED) is 0.573. The van der Waals surface area contributed by atoms with E-state index in [1.807, 2.05) is 36.3 Å². The Bertz CT molecular complexity index is 802. The molecule has 0 amide bonds.